The van der Waals surface area contributed by atoms with E-state index in [2.05, 4.69) is 4.74 Å². The van der Waals surface area contributed by atoms with E-state index in [1.54, 1.807) is 0 Å². The van der Waals surface area contributed by atoms with Crippen molar-refractivity contribution in [1.29, 1.82) is 0 Å². The molecule has 20 heavy (non-hydrogen) atoms. The Morgan fingerprint density at radius 2 is 2.20 bits per heavy atom. The summed E-state index contributed by atoms with van der Waals surface area (Å²) in [5, 5.41) is 0.796. The van der Waals surface area contributed by atoms with Gasteiger partial charge in [-0.3, -0.25) is 4.79 Å². The van der Waals surface area contributed by atoms with Crippen molar-refractivity contribution in [2.45, 2.75) is 38.2 Å². The number of carbonyl (C=O) groups is 3. The fraction of sp³-hybridized carbons (Fsp3) is 0.727. The van der Waals surface area contributed by atoms with Crippen LogP contribution < -0.4 is 5.73 Å². The Hall–Kier alpha value is -1.90. The van der Waals surface area contributed by atoms with Gasteiger partial charge in [0.05, 0.1) is 12.6 Å². The van der Waals surface area contributed by atoms with Crippen LogP contribution in [0.4, 0.5) is 9.18 Å². The van der Waals surface area contributed by atoms with E-state index in [-0.39, 0.29) is 13.2 Å². The second-order valence-electron chi connectivity index (χ2n) is 4.58. The highest BCUT2D eigenvalue weighted by Gasteiger charge is 2.48. The molecular formula is C11H16FN3O5. The summed E-state index contributed by atoms with van der Waals surface area (Å²) in [6, 6.07) is -1.78. The number of halogens is 1. The normalized spacial score (nSPS) is 26.6. The lowest BCUT2D eigenvalue weighted by atomic mass is 10.0. The third-order valence-electron chi connectivity index (χ3n) is 3.33. The van der Waals surface area contributed by atoms with Crippen molar-refractivity contribution in [2.75, 3.05) is 13.2 Å². The minimum atomic E-state index is -2.37. The van der Waals surface area contributed by atoms with Gasteiger partial charge in [-0.1, -0.05) is 0 Å². The summed E-state index contributed by atoms with van der Waals surface area (Å²) >= 11 is 0. The molecule has 8 nitrogen and oxygen atoms in total. The van der Waals surface area contributed by atoms with E-state index in [9.17, 15) is 18.8 Å². The molecular weight excluding hydrogens is 273 g/mol. The van der Waals surface area contributed by atoms with Crippen LogP contribution in [0.5, 0.6) is 0 Å². The average molecular weight is 289 g/mol. The lowest BCUT2D eigenvalue weighted by molar-refractivity contribution is -0.227. The number of hydrogen-bond donors (Lipinski definition) is 1. The summed E-state index contributed by atoms with van der Waals surface area (Å²) < 4.78 is 18.0. The number of nitrogens with zero attached hydrogens (tertiary/aromatic N) is 2. The number of esters is 1. The van der Waals surface area contributed by atoms with E-state index in [4.69, 9.17) is 10.6 Å². The SMILES string of the molecule is CCOC(=O)C(F)ON1C(=O)N2CC1CCC2C(N)=O. The molecule has 112 valence electrons. The minimum Gasteiger partial charge on any atom is -0.462 e. The van der Waals surface area contributed by atoms with E-state index in [1.165, 1.54) is 11.8 Å². The number of fused-ring (bicyclic) bond motifs is 2. The molecule has 2 heterocycles. The molecule has 3 atom stereocenters. The molecule has 2 saturated heterocycles. The third kappa shape index (κ3) is 2.53. The predicted molar refractivity (Wildman–Crippen MR) is 62.6 cm³/mol. The molecule has 9 heteroatoms. The Labute approximate surface area is 114 Å². The smallest absolute Gasteiger partial charge is 0.370 e. The van der Waals surface area contributed by atoms with Crippen LogP contribution in [0.1, 0.15) is 19.8 Å². The molecule has 0 aromatic carbocycles. The van der Waals surface area contributed by atoms with Gasteiger partial charge >= 0.3 is 18.4 Å². The van der Waals surface area contributed by atoms with Gasteiger partial charge in [-0.15, -0.1) is 0 Å². The second kappa shape index (κ2) is 5.61. The molecule has 2 aliphatic heterocycles. The molecule has 0 aliphatic carbocycles. The first-order chi connectivity index (χ1) is 9.45. The zero-order valence-electron chi connectivity index (χ0n) is 11.0. The zero-order valence-corrected chi connectivity index (χ0v) is 11.0. The van der Waals surface area contributed by atoms with Gasteiger partial charge in [0.25, 0.3) is 0 Å². The predicted octanol–water partition coefficient (Wildman–Crippen LogP) is -0.469. The van der Waals surface area contributed by atoms with Gasteiger partial charge in [-0.25, -0.2) is 18.8 Å². The first-order valence-corrected chi connectivity index (χ1v) is 6.32. The Kier molecular flexibility index (Phi) is 4.07. The quantitative estimate of drug-likeness (QED) is 0.689. The van der Waals surface area contributed by atoms with Gasteiger partial charge in [-0.2, -0.15) is 5.06 Å². The van der Waals surface area contributed by atoms with Crippen molar-refractivity contribution >= 4 is 17.9 Å². The molecule has 3 amide bonds. The van der Waals surface area contributed by atoms with Gasteiger partial charge in [0, 0.05) is 6.54 Å². The van der Waals surface area contributed by atoms with E-state index in [0.717, 1.165) is 5.06 Å². The highest BCUT2D eigenvalue weighted by Crippen LogP contribution is 2.30. The van der Waals surface area contributed by atoms with Gasteiger partial charge in [0.1, 0.15) is 6.04 Å². The molecule has 2 aliphatic rings. The number of amides is 3. The Balaban J connectivity index is 2.02. The van der Waals surface area contributed by atoms with Crippen molar-refractivity contribution in [2.24, 2.45) is 5.73 Å². The van der Waals surface area contributed by atoms with Crippen LogP contribution >= 0.6 is 0 Å². The molecule has 0 saturated carbocycles. The van der Waals surface area contributed by atoms with Crippen LogP contribution in [0.25, 0.3) is 0 Å². The molecule has 0 spiro atoms. The van der Waals surface area contributed by atoms with Crippen molar-refractivity contribution in [3.05, 3.63) is 0 Å². The van der Waals surface area contributed by atoms with Crippen molar-refractivity contribution in [3.8, 4) is 0 Å². The van der Waals surface area contributed by atoms with E-state index in [1.807, 2.05) is 0 Å². The van der Waals surface area contributed by atoms with Crippen LogP contribution in [0, 0.1) is 0 Å². The highest BCUT2D eigenvalue weighted by molar-refractivity contribution is 5.87. The Morgan fingerprint density at radius 3 is 2.80 bits per heavy atom. The summed E-state index contributed by atoms with van der Waals surface area (Å²) in [5.41, 5.74) is 5.21. The van der Waals surface area contributed by atoms with Crippen molar-refractivity contribution in [1.82, 2.24) is 9.96 Å². The number of piperidine rings is 1. The number of primary amides is 1. The maximum absolute atomic E-state index is 13.5. The lowest BCUT2D eigenvalue weighted by Crippen LogP contribution is -2.47. The Morgan fingerprint density at radius 1 is 1.50 bits per heavy atom. The number of carbonyl (C=O) groups excluding carboxylic acids is 3. The van der Waals surface area contributed by atoms with E-state index in [0.29, 0.717) is 12.8 Å². The van der Waals surface area contributed by atoms with E-state index < -0.39 is 36.3 Å². The van der Waals surface area contributed by atoms with Crippen LogP contribution in [-0.4, -0.2) is 59.5 Å². The maximum Gasteiger partial charge on any atom is 0.370 e. The molecule has 0 radical (unpaired) electrons. The lowest BCUT2D eigenvalue weighted by Gasteiger charge is -2.27. The van der Waals surface area contributed by atoms with Crippen LogP contribution in [-0.2, 0) is 19.2 Å². The number of hydrogen-bond acceptors (Lipinski definition) is 5. The third-order valence-corrected chi connectivity index (χ3v) is 3.33. The number of nitrogens with two attached hydrogens (primary N) is 1. The number of rotatable bonds is 5. The molecule has 3 unspecified atom stereocenters. The number of hydroxylamine groups is 2. The first-order valence-electron chi connectivity index (χ1n) is 6.32. The standard InChI is InChI=1S/C11H16FN3O5/c1-2-19-10(17)8(12)20-15-6-3-4-7(9(13)16)14(5-6)11(15)18/h6-8H,2-5H2,1H3,(H2,13,16). The fourth-order valence-corrected chi connectivity index (χ4v) is 2.41. The molecule has 2 fully saturated rings. The topological polar surface area (TPSA) is 102 Å². The van der Waals surface area contributed by atoms with Gasteiger partial charge in [0.2, 0.25) is 5.91 Å². The average Bonchev–Trinajstić information content (AvgIpc) is 2.64. The summed E-state index contributed by atoms with van der Waals surface area (Å²) in [7, 11) is 0. The minimum absolute atomic E-state index is 0.00978. The zero-order chi connectivity index (χ0) is 14.9. The van der Waals surface area contributed by atoms with Crippen LogP contribution in [0.15, 0.2) is 0 Å². The number of alkyl halides is 1. The highest BCUT2D eigenvalue weighted by atomic mass is 19.1. The molecule has 0 aromatic rings. The summed E-state index contributed by atoms with van der Waals surface area (Å²) in [6.45, 7) is 1.76. The van der Waals surface area contributed by atoms with Crippen molar-refractivity contribution in [3.63, 3.8) is 0 Å². The first kappa shape index (κ1) is 14.5. The van der Waals surface area contributed by atoms with Crippen molar-refractivity contribution < 1.29 is 28.3 Å². The van der Waals surface area contributed by atoms with Gasteiger partial charge in [-0.05, 0) is 19.8 Å². The molecule has 2 bridgehead atoms. The summed E-state index contributed by atoms with van der Waals surface area (Å²) in [4.78, 5) is 40.4. The number of urea groups is 1. The monoisotopic (exact) mass is 289 g/mol. The Bertz CT molecular complexity index is 432. The molecule has 0 aromatic heterocycles. The number of ether oxygens (including phenoxy) is 1. The second-order valence-corrected chi connectivity index (χ2v) is 4.58. The summed E-state index contributed by atoms with van der Waals surface area (Å²) in [5.74, 6) is -1.80. The van der Waals surface area contributed by atoms with Gasteiger partial charge in [0.15, 0.2) is 0 Å². The fourth-order valence-electron chi connectivity index (χ4n) is 2.41. The summed E-state index contributed by atoms with van der Waals surface area (Å²) in [6.07, 6.45) is -1.53. The van der Waals surface area contributed by atoms with Gasteiger partial charge < -0.3 is 15.4 Å². The van der Waals surface area contributed by atoms with E-state index >= 15 is 0 Å². The van der Waals surface area contributed by atoms with Crippen LogP contribution in [0.3, 0.4) is 0 Å². The largest absolute Gasteiger partial charge is 0.462 e. The van der Waals surface area contributed by atoms with Crippen LogP contribution in [0.2, 0.25) is 0 Å². The molecule has 2 rings (SSSR count). The maximum atomic E-state index is 13.5. The molecule has 2 N–H and O–H groups in total.